The van der Waals surface area contributed by atoms with Crippen LogP contribution >= 0.6 is 11.6 Å². The summed E-state index contributed by atoms with van der Waals surface area (Å²) in [6, 6.07) is 9.50. The summed E-state index contributed by atoms with van der Waals surface area (Å²) in [6.07, 6.45) is 2.75. The SMILES string of the molecule is CCCn1c(-c2ccc(N)nc2)nc2cccc(Cl)c21. The molecule has 0 amide bonds. The van der Waals surface area contributed by atoms with E-state index in [1.165, 1.54) is 0 Å². The van der Waals surface area contributed by atoms with Crippen molar-refractivity contribution in [2.45, 2.75) is 19.9 Å². The largest absolute Gasteiger partial charge is 0.384 e. The molecule has 2 aromatic heterocycles. The minimum atomic E-state index is 0.505. The molecule has 3 rings (SSSR count). The molecule has 102 valence electrons. The molecule has 2 heterocycles. The predicted molar refractivity (Wildman–Crippen MR) is 82.7 cm³/mol. The van der Waals surface area contributed by atoms with Crippen LogP contribution in [-0.4, -0.2) is 14.5 Å². The third-order valence-electron chi connectivity index (χ3n) is 3.21. The van der Waals surface area contributed by atoms with E-state index in [1.54, 1.807) is 12.3 Å². The summed E-state index contributed by atoms with van der Waals surface area (Å²) < 4.78 is 2.14. The van der Waals surface area contributed by atoms with Gasteiger partial charge in [0.2, 0.25) is 0 Å². The second kappa shape index (κ2) is 5.13. The monoisotopic (exact) mass is 286 g/mol. The van der Waals surface area contributed by atoms with Crippen LogP contribution < -0.4 is 5.73 Å². The average Bonchev–Trinajstić information content (AvgIpc) is 2.80. The molecule has 2 N–H and O–H groups in total. The maximum absolute atomic E-state index is 6.33. The zero-order valence-electron chi connectivity index (χ0n) is 11.2. The number of nitrogens with two attached hydrogens (primary N) is 1. The fourth-order valence-corrected chi connectivity index (χ4v) is 2.61. The number of imidazole rings is 1. The number of rotatable bonds is 3. The normalized spacial score (nSPS) is 11.1. The molecule has 1 aromatic carbocycles. The minimum Gasteiger partial charge on any atom is -0.384 e. The Bertz CT molecular complexity index is 746. The first-order valence-electron chi connectivity index (χ1n) is 6.57. The van der Waals surface area contributed by atoms with Gasteiger partial charge in [-0.2, -0.15) is 0 Å². The summed E-state index contributed by atoms with van der Waals surface area (Å²) in [5.41, 5.74) is 8.46. The number of pyridine rings is 1. The summed E-state index contributed by atoms with van der Waals surface area (Å²) in [5.74, 6) is 1.38. The van der Waals surface area contributed by atoms with E-state index in [0.717, 1.165) is 40.4 Å². The van der Waals surface area contributed by atoms with Gasteiger partial charge in [0.05, 0.1) is 16.1 Å². The van der Waals surface area contributed by atoms with Crippen molar-refractivity contribution < 1.29 is 0 Å². The lowest BCUT2D eigenvalue weighted by molar-refractivity contribution is 0.704. The van der Waals surface area contributed by atoms with Crippen molar-refractivity contribution in [2.75, 3.05) is 5.73 Å². The van der Waals surface area contributed by atoms with Gasteiger partial charge < -0.3 is 10.3 Å². The Morgan fingerprint density at radius 1 is 1.25 bits per heavy atom. The van der Waals surface area contributed by atoms with Crippen LogP contribution in [0.25, 0.3) is 22.4 Å². The first kappa shape index (κ1) is 12.9. The summed E-state index contributed by atoms with van der Waals surface area (Å²) in [4.78, 5) is 8.83. The molecule has 0 aliphatic heterocycles. The van der Waals surface area contributed by atoms with Gasteiger partial charge in [-0.1, -0.05) is 24.6 Å². The molecule has 0 aliphatic rings. The van der Waals surface area contributed by atoms with E-state index in [2.05, 4.69) is 21.5 Å². The van der Waals surface area contributed by atoms with Crippen molar-refractivity contribution >= 4 is 28.5 Å². The van der Waals surface area contributed by atoms with Crippen LogP contribution in [0, 0.1) is 0 Å². The highest BCUT2D eigenvalue weighted by Crippen LogP contribution is 2.29. The number of aromatic nitrogens is 3. The van der Waals surface area contributed by atoms with E-state index in [-0.39, 0.29) is 0 Å². The molecule has 0 fully saturated rings. The lowest BCUT2D eigenvalue weighted by atomic mass is 10.2. The van der Waals surface area contributed by atoms with Gasteiger partial charge in [0.25, 0.3) is 0 Å². The molecule has 0 radical (unpaired) electrons. The van der Waals surface area contributed by atoms with Crippen molar-refractivity contribution in [3.8, 4) is 11.4 Å². The second-order valence-corrected chi connectivity index (χ2v) is 5.07. The Morgan fingerprint density at radius 3 is 2.80 bits per heavy atom. The fourth-order valence-electron chi connectivity index (χ4n) is 2.34. The molecular formula is C15H15ClN4. The van der Waals surface area contributed by atoms with Gasteiger partial charge in [0.15, 0.2) is 0 Å². The lowest BCUT2D eigenvalue weighted by Gasteiger charge is -2.08. The van der Waals surface area contributed by atoms with E-state index < -0.39 is 0 Å². The van der Waals surface area contributed by atoms with E-state index in [1.807, 2.05) is 24.3 Å². The van der Waals surface area contributed by atoms with E-state index >= 15 is 0 Å². The van der Waals surface area contributed by atoms with Crippen LogP contribution in [0.15, 0.2) is 36.5 Å². The van der Waals surface area contributed by atoms with Crippen molar-refractivity contribution in [1.82, 2.24) is 14.5 Å². The summed E-state index contributed by atoms with van der Waals surface area (Å²) >= 11 is 6.33. The Hall–Kier alpha value is -2.07. The highest BCUT2D eigenvalue weighted by atomic mass is 35.5. The molecule has 0 saturated heterocycles. The Labute approximate surface area is 122 Å². The maximum Gasteiger partial charge on any atom is 0.142 e. The number of hydrogen-bond acceptors (Lipinski definition) is 3. The highest BCUT2D eigenvalue weighted by Gasteiger charge is 2.14. The number of anilines is 1. The molecule has 0 atom stereocenters. The van der Waals surface area contributed by atoms with Crippen molar-refractivity contribution in [1.29, 1.82) is 0 Å². The first-order valence-corrected chi connectivity index (χ1v) is 6.95. The van der Waals surface area contributed by atoms with Gasteiger partial charge in [0.1, 0.15) is 11.6 Å². The summed E-state index contributed by atoms with van der Waals surface area (Å²) in [5, 5.41) is 0.720. The predicted octanol–water partition coefficient (Wildman–Crippen LogP) is 3.74. The molecule has 20 heavy (non-hydrogen) atoms. The van der Waals surface area contributed by atoms with Crippen molar-refractivity contribution in [2.24, 2.45) is 0 Å². The van der Waals surface area contributed by atoms with E-state index in [9.17, 15) is 0 Å². The van der Waals surface area contributed by atoms with Gasteiger partial charge >= 0.3 is 0 Å². The number of para-hydroxylation sites is 1. The van der Waals surface area contributed by atoms with Gasteiger partial charge in [-0.15, -0.1) is 0 Å². The number of hydrogen-bond donors (Lipinski definition) is 1. The third-order valence-corrected chi connectivity index (χ3v) is 3.51. The number of nitrogen functional groups attached to an aromatic ring is 1. The van der Waals surface area contributed by atoms with Gasteiger partial charge in [-0.25, -0.2) is 9.97 Å². The second-order valence-electron chi connectivity index (χ2n) is 4.67. The number of benzene rings is 1. The quantitative estimate of drug-likeness (QED) is 0.798. The number of aryl methyl sites for hydroxylation is 1. The van der Waals surface area contributed by atoms with Crippen LogP contribution in [0.5, 0.6) is 0 Å². The summed E-state index contributed by atoms with van der Waals surface area (Å²) in [7, 11) is 0. The van der Waals surface area contributed by atoms with Gasteiger partial charge in [-0.3, -0.25) is 0 Å². The molecule has 0 unspecified atom stereocenters. The molecule has 0 aliphatic carbocycles. The highest BCUT2D eigenvalue weighted by molar-refractivity contribution is 6.35. The molecule has 4 nitrogen and oxygen atoms in total. The van der Waals surface area contributed by atoms with Gasteiger partial charge in [-0.05, 0) is 30.7 Å². The molecule has 0 spiro atoms. The van der Waals surface area contributed by atoms with Crippen LogP contribution in [0.1, 0.15) is 13.3 Å². The van der Waals surface area contributed by atoms with E-state index in [0.29, 0.717) is 5.82 Å². The first-order chi connectivity index (χ1) is 9.70. The molecular weight excluding hydrogens is 272 g/mol. The number of fused-ring (bicyclic) bond motifs is 1. The van der Waals surface area contributed by atoms with Gasteiger partial charge in [0, 0.05) is 18.3 Å². The lowest BCUT2D eigenvalue weighted by Crippen LogP contribution is -2.00. The number of nitrogens with zero attached hydrogens (tertiary/aromatic N) is 3. The van der Waals surface area contributed by atoms with Crippen LogP contribution in [0.2, 0.25) is 5.02 Å². The zero-order valence-corrected chi connectivity index (χ0v) is 11.9. The molecule has 0 saturated carbocycles. The Morgan fingerprint density at radius 2 is 2.10 bits per heavy atom. The van der Waals surface area contributed by atoms with Crippen molar-refractivity contribution in [3.05, 3.63) is 41.6 Å². The van der Waals surface area contributed by atoms with Crippen LogP contribution in [-0.2, 0) is 6.54 Å². The smallest absolute Gasteiger partial charge is 0.142 e. The molecule has 0 bridgehead atoms. The molecule has 5 heteroatoms. The van der Waals surface area contributed by atoms with E-state index in [4.69, 9.17) is 17.3 Å². The average molecular weight is 287 g/mol. The maximum atomic E-state index is 6.33. The zero-order chi connectivity index (χ0) is 14.1. The van der Waals surface area contributed by atoms with Crippen LogP contribution in [0.3, 0.4) is 0 Å². The Balaban J connectivity index is 2.26. The minimum absolute atomic E-state index is 0.505. The van der Waals surface area contributed by atoms with Crippen LogP contribution in [0.4, 0.5) is 5.82 Å². The molecule has 3 aromatic rings. The summed E-state index contributed by atoms with van der Waals surface area (Å²) in [6.45, 7) is 2.99. The van der Waals surface area contributed by atoms with Crippen molar-refractivity contribution in [3.63, 3.8) is 0 Å². The standard InChI is InChI=1S/C15H15ClN4/c1-2-8-20-14-11(16)4-3-5-12(14)19-15(20)10-6-7-13(17)18-9-10/h3-7,9H,2,8H2,1H3,(H2,17,18). The topological polar surface area (TPSA) is 56.7 Å². The third kappa shape index (κ3) is 2.12. The number of halogens is 1. The fraction of sp³-hybridized carbons (Fsp3) is 0.200. The Kier molecular flexibility index (Phi) is 3.32.